The third kappa shape index (κ3) is 4.87. The number of amides is 2. The summed E-state index contributed by atoms with van der Waals surface area (Å²) in [6, 6.07) is 20.8. The second kappa shape index (κ2) is 9.77. The molecule has 6 heteroatoms. The number of carbonyl (C=O) groups is 2. The Hall–Kier alpha value is -3.51. The van der Waals surface area contributed by atoms with Crippen molar-refractivity contribution in [3.63, 3.8) is 0 Å². The Morgan fingerprint density at radius 3 is 2.59 bits per heavy atom. The zero-order valence-corrected chi connectivity index (χ0v) is 19.0. The lowest BCUT2D eigenvalue weighted by molar-refractivity contribution is -0.126. The number of nitrogens with zero attached hydrogens (tertiary/aromatic N) is 1. The van der Waals surface area contributed by atoms with Crippen LogP contribution in [0.25, 0.3) is 11.1 Å². The summed E-state index contributed by atoms with van der Waals surface area (Å²) < 4.78 is 13.6. The summed E-state index contributed by atoms with van der Waals surface area (Å²) in [5.41, 5.74) is 5.49. The summed E-state index contributed by atoms with van der Waals surface area (Å²) in [5, 5.41) is 5.65. The first-order valence-corrected chi connectivity index (χ1v) is 11.8. The van der Waals surface area contributed by atoms with Gasteiger partial charge in [-0.2, -0.15) is 0 Å². The molecule has 1 saturated heterocycles. The first-order valence-electron chi connectivity index (χ1n) is 11.8. The van der Waals surface area contributed by atoms with Crippen LogP contribution in [0.1, 0.15) is 41.9 Å². The van der Waals surface area contributed by atoms with Gasteiger partial charge in [-0.05, 0) is 65.9 Å². The highest BCUT2D eigenvalue weighted by Crippen LogP contribution is 2.33. The maximum absolute atomic E-state index is 13.6. The van der Waals surface area contributed by atoms with Crippen LogP contribution < -0.4 is 10.6 Å². The highest BCUT2D eigenvalue weighted by Gasteiger charge is 2.30. The molecule has 3 aromatic rings. The standard InChI is InChI=1S/C28H28FN3O2/c29-22-11-12-24-25(16-27(33)31-26(24)15-22)28(34)30-17-21-5-1-2-6-23(21)20-9-7-19(8-10-20)18-32-13-3-4-14-32/h1-2,5-12,15,25H,3-4,13-14,16-18H2,(H,30,34)(H,31,33)/t25-/m1/s1. The van der Waals surface area contributed by atoms with Gasteiger partial charge in [-0.1, -0.05) is 54.6 Å². The number of nitrogens with one attached hydrogen (secondary N) is 2. The van der Waals surface area contributed by atoms with Gasteiger partial charge in [-0.15, -0.1) is 0 Å². The Balaban J connectivity index is 1.29. The van der Waals surface area contributed by atoms with Gasteiger partial charge in [0.25, 0.3) is 0 Å². The van der Waals surface area contributed by atoms with E-state index in [-0.39, 0.29) is 18.2 Å². The normalized spacial score (nSPS) is 17.8. The van der Waals surface area contributed by atoms with Gasteiger partial charge in [-0.25, -0.2) is 4.39 Å². The molecular formula is C28H28FN3O2. The lowest BCUT2D eigenvalue weighted by atomic mass is 9.89. The number of fused-ring (bicyclic) bond motifs is 1. The third-order valence-corrected chi connectivity index (χ3v) is 6.71. The van der Waals surface area contributed by atoms with E-state index >= 15 is 0 Å². The zero-order chi connectivity index (χ0) is 23.5. The molecule has 0 aromatic heterocycles. The van der Waals surface area contributed by atoms with E-state index in [2.05, 4.69) is 45.9 Å². The summed E-state index contributed by atoms with van der Waals surface area (Å²) in [4.78, 5) is 27.6. The van der Waals surface area contributed by atoms with Crippen molar-refractivity contribution in [2.75, 3.05) is 18.4 Å². The molecule has 0 saturated carbocycles. The zero-order valence-electron chi connectivity index (χ0n) is 19.0. The fraction of sp³-hybridized carbons (Fsp3) is 0.286. The van der Waals surface area contributed by atoms with Gasteiger partial charge in [0.05, 0.1) is 5.92 Å². The van der Waals surface area contributed by atoms with E-state index in [1.165, 1.54) is 43.6 Å². The van der Waals surface area contributed by atoms with Crippen molar-refractivity contribution >= 4 is 17.5 Å². The average molecular weight is 458 g/mol. The van der Waals surface area contributed by atoms with Crippen molar-refractivity contribution in [1.82, 2.24) is 10.2 Å². The van der Waals surface area contributed by atoms with Crippen molar-refractivity contribution < 1.29 is 14.0 Å². The molecule has 2 N–H and O–H groups in total. The van der Waals surface area contributed by atoms with Gasteiger partial charge in [0.15, 0.2) is 0 Å². The molecule has 0 bridgehead atoms. The molecule has 0 unspecified atom stereocenters. The maximum atomic E-state index is 13.6. The van der Waals surface area contributed by atoms with Gasteiger partial charge in [0.2, 0.25) is 11.8 Å². The molecular weight excluding hydrogens is 429 g/mol. The fourth-order valence-electron chi connectivity index (χ4n) is 4.92. The van der Waals surface area contributed by atoms with E-state index in [9.17, 15) is 14.0 Å². The largest absolute Gasteiger partial charge is 0.351 e. The van der Waals surface area contributed by atoms with Crippen LogP contribution >= 0.6 is 0 Å². The Labute approximate surface area is 199 Å². The second-order valence-corrected chi connectivity index (χ2v) is 9.09. The highest BCUT2D eigenvalue weighted by molar-refractivity contribution is 6.01. The number of anilines is 1. The van der Waals surface area contributed by atoms with Crippen molar-refractivity contribution in [3.8, 4) is 11.1 Å². The molecule has 0 aliphatic carbocycles. The first-order chi connectivity index (χ1) is 16.6. The van der Waals surface area contributed by atoms with E-state index in [1.807, 2.05) is 18.2 Å². The van der Waals surface area contributed by atoms with Crippen LogP contribution in [0.5, 0.6) is 0 Å². The average Bonchev–Trinajstić information content (AvgIpc) is 3.35. The summed E-state index contributed by atoms with van der Waals surface area (Å²) in [5.74, 6) is -1.60. The van der Waals surface area contributed by atoms with E-state index in [1.54, 1.807) is 6.07 Å². The summed E-state index contributed by atoms with van der Waals surface area (Å²) in [6.07, 6.45) is 2.61. The number of hydrogen-bond donors (Lipinski definition) is 2. The molecule has 5 rings (SSSR count). The van der Waals surface area contributed by atoms with E-state index in [0.29, 0.717) is 17.8 Å². The van der Waals surface area contributed by atoms with Gasteiger partial charge in [0.1, 0.15) is 5.82 Å². The van der Waals surface area contributed by atoms with Crippen molar-refractivity contribution in [1.29, 1.82) is 0 Å². The topological polar surface area (TPSA) is 61.4 Å². The Kier molecular flexibility index (Phi) is 6.41. The second-order valence-electron chi connectivity index (χ2n) is 9.09. The van der Waals surface area contributed by atoms with Crippen molar-refractivity contribution in [2.24, 2.45) is 0 Å². The van der Waals surface area contributed by atoms with Crippen LogP contribution in [0.4, 0.5) is 10.1 Å². The van der Waals surface area contributed by atoms with Crippen LogP contribution in [0.3, 0.4) is 0 Å². The molecule has 3 aromatic carbocycles. The van der Waals surface area contributed by atoms with E-state index < -0.39 is 11.7 Å². The number of halogens is 1. The first kappa shape index (κ1) is 22.3. The Morgan fingerprint density at radius 2 is 1.79 bits per heavy atom. The number of carbonyl (C=O) groups excluding carboxylic acids is 2. The van der Waals surface area contributed by atoms with Gasteiger partial charge in [0, 0.05) is 25.2 Å². The lowest BCUT2D eigenvalue weighted by Crippen LogP contribution is -2.34. The molecule has 0 spiro atoms. The Morgan fingerprint density at radius 1 is 1.03 bits per heavy atom. The predicted octanol–water partition coefficient (Wildman–Crippen LogP) is 4.83. The van der Waals surface area contributed by atoms with Crippen molar-refractivity contribution in [2.45, 2.75) is 38.3 Å². The number of likely N-dealkylation sites (tertiary alicyclic amines) is 1. The molecule has 0 radical (unpaired) electrons. The molecule has 174 valence electrons. The van der Waals surface area contributed by atoms with Crippen molar-refractivity contribution in [3.05, 3.63) is 89.2 Å². The van der Waals surface area contributed by atoms with Crippen LogP contribution in [0.15, 0.2) is 66.7 Å². The number of hydrogen-bond acceptors (Lipinski definition) is 3. The fourth-order valence-corrected chi connectivity index (χ4v) is 4.92. The highest BCUT2D eigenvalue weighted by atomic mass is 19.1. The molecule has 1 atom stereocenters. The molecule has 2 aliphatic heterocycles. The number of rotatable bonds is 6. The number of benzene rings is 3. The minimum Gasteiger partial charge on any atom is -0.351 e. The van der Waals surface area contributed by atoms with Crippen LogP contribution in [0, 0.1) is 5.82 Å². The van der Waals surface area contributed by atoms with Crippen LogP contribution in [-0.4, -0.2) is 29.8 Å². The molecule has 5 nitrogen and oxygen atoms in total. The SMILES string of the molecule is O=C1C[C@@H](C(=O)NCc2ccccc2-c2ccc(CN3CCCC3)cc2)c2ccc(F)cc2N1. The molecule has 2 amide bonds. The van der Waals surface area contributed by atoms with Gasteiger partial charge in [-0.3, -0.25) is 14.5 Å². The maximum Gasteiger partial charge on any atom is 0.228 e. The van der Waals surface area contributed by atoms with Crippen LogP contribution in [-0.2, 0) is 22.7 Å². The minimum atomic E-state index is -0.638. The van der Waals surface area contributed by atoms with Crippen LogP contribution in [0.2, 0.25) is 0 Å². The Bertz CT molecular complexity index is 1200. The minimum absolute atomic E-state index is 0.0462. The molecule has 2 heterocycles. The molecule has 1 fully saturated rings. The van der Waals surface area contributed by atoms with Gasteiger partial charge < -0.3 is 10.6 Å². The summed E-state index contributed by atoms with van der Waals surface area (Å²) >= 11 is 0. The monoisotopic (exact) mass is 457 g/mol. The summed E-state index contributed by atoms with van der Waals surface area (Å²) in [6.45, 7) is 3.68. The lowest BCUT2D eigenvalue weighted by Gasteiger charge is -2.25. The molecule has 34 heavy (non-hydrogen) atoms. The van der Waals surface area contributed by atoms with Gasteiger partial charge >= 0.3 is 0 Å². The smallest absolute Gasteiger partial charge is 0.228 e. The third-order valence-electron chi connectivity index (χ3n) is 6.71. The molecule has 2 aliphatic rings. The van der Waals surface area contributed by atoms with E-state index in [0.717, 1.165) is 23.2 Å². The predicted molar refractivity (Wildman–Crippen MR) is 131 cm³/mol. The quantitative estimate of drug-likeness (QED) is 0.557. The summed E-state index contributed by atoms with van der Waals surface area (Å²) in [7, 11) is 0. The van der Waals surface area contributed by atoms with E-state index in [4.69, 9.17) is 0 Å².